The molecule has 0 saturated heterocycles. The summed E-state index contributed by atoms with van der Waals surface area (Å²) in [6, 6.07) is 15.0. The normalized spacial score (nSPS) is 10.4. The van der Waals surface area contributed by atoms with Gasteiger partial charge in [0.25, 0.3) is 5.24 Å². The number of ketones is 1. The molecule has 0 atom stereocenters. The third kappa shape index (κ3) is 4.32. The topological polar surface area (TPSA) is 55.4 Å². The van der Waals surface area contributed by atoms with Crippen LogP contribution in [0.1, 0.15) is 26.3 Å². The third-order valence-corrected chi connectivity index (χ3v) is 4.55. The summed E-state index contributed by atoms with van der Waals surface area (Å²) in [5, 5.41) is 2.61. The van der Waals surface area contributed by atoms with Crippen LogP contribution in [-0.2, 0) is 0 Å². The van der Waals surface area contributed by atoms with Gasteiger partial charge in [-0.3, -0.25) is 9.59 Å². The van der Waals surface area contributed by atoms with Crippen molar-refractivity contribution in [2.24, 2.45) is 0 Å². The van der Waals surface area contributed by atoms with Gasteiger partial charge >= 0.3 is 0 Å². The van der Waals surface area contributed by atoms with E-state index in [2.05, 4.69) is 5.32 Å². The number of carbonyl (C=O) groups excluding carboxylic acids is 2. The molecule has 0 bridgehead atoms. The molecule has 0 spiro atoms. The molecule has 0 amide bonds. The average Bonchev–Trinajstić information content (AvgIpc) is 2.69. The van der Waals surface area contributed by atoms with E-state index in [1.807, 2.05) is 0 Å². The molecule has 1 N–H and O–H groups in total. The lowest BCUT2D eigenvalue weighted by Gasteiger charge is -2.12. The van der Waals surface area contributed by atoms with E-state index in [1.54, 1.807) is 30.3 Å². The Balaban J connectivity index is 1.91. The summed E-state index contributed by atoms with van der Waals surface area (Å²) < 4.78 is 18.2. The molecule has 0 unspecified atom stereocenters. The lowest BCUT2D eigenvalue weighted by molar-refractivity contribution is 0.103. The van der Waals surface area contributed by atoms with Gasteiger partial charge in [-0.05, 0) is 72.3 Å². The van der Waals surface area contributed by atoms with Crippen LogP contribution in [0, 0.1) is 5.82 Å². The highest BCUT2D eigenvalue weighted by molar-refractivity contribution is 6.67. The number of hydrogen-bond acceptors (Lipinski definition) is 4. The Morgan fingerprint density at radius 2 is 1.61 bits per heavy atom. The van der Waals surface area contributed by atoms with Crippen molar-refractivity contribution >= 4 is 45.6 Å². The molecule has 0 aromatic heterocycles. The summed E-state index contributed by atoms with van der Waals surface area (Å²) in [4.78, 5) is 24.4. The van der Waals surface area contributed by atoms with Gasteiger partial charge < -0.3 is 10.1 Å². The van der Waals surface area contributed by atoms with Crippen LogP contribution in [-0.4, -0.2) is 18.1 Å². The second kappa shape index (κ2) is 8.42. The van der Waals surface area contributed by atoms with Crippen LogP contribution in [0.5, 0.6) is 5.75 Å². The molecular formula is C21H14Cl2FNO3. The molecule has 3 aromatic rings. The summed E-state index contributed by atoms with van der Waals surface area (Å²) in [6.45, 7) is 0. The minimum atomic E-state index is -0.679. The first-order valence-electron chi connectivity index (χ1n) is 8.14. The van der Waals surface area contributed by atoms with Crippen LogP contribution in [0.15, 0.2) is 60.7 Å². The van der Waals surface area contributed by atoms with Crippen LogP contribution in [0.2, 0.25) is 5.02 Å². The molecule has 0 radical (unpaired) electrons. The fourth-order valence-corrected chi connectivity index (χ4v) is 3.01. The van der Waals surface area contributed by atoms with Crippen LogP contribution < -0.4 is 10.1 Å². The number of benzene rings is 3. The Labute approximate surface area is 170 Å². The first-order chi connectivity index (χ1) is 13.4. The SMILES string of the molecule is COc1ccc(C(=O)Cl)cc1C(=O)c1ccc(Nc2ccc(F)cc2)cc1Cl. The van der Waals surface area contributed by atoms with Crippen LogP contribution in [0.4, 0.5) is 15.8 Å². The fourth-order valence-electron chi connectivity index (χ4n) is 2.63. The van der Waals surface area contributed by atoms with Crippen LogP contribution in [0.3, 0.4) is 0 Å². The number of rotatable bonds is 6. The van der Waals surface area contributed by atoms with Gasteiger partial charge in [0.2, 0.25) is 0 Å². The second-order valence-electron chi connectivity index (χ2n) is 5.84. The molecule has 0 heterocycles. The Morgan fingerprint density at radius 3 is 2.21 bits per heavy atom. The summed E-state index contributed by atoms with van der Waals surface area (Å²) >= 11 is 11.8. The van der Waals surface area contributed by atoms with Crippen LogP contribution >= 0.6 is 23.2 Å². The predicted molar refractivity (Wildman–Crippen MR) is 108 cm³/mol. The smallest absolute Gasteiger partial charge is 0.252 e. The van der Waals surface area contributed by atoms with Gasteiger partial charge in [-0.15, -0.1) is 0 Å². The van der Waals surface area contributed by atoms with Gasteiger partial charge in [0.15, 0.2) is 5.78 Å². The van der Waals surface area contributed by atoms with Crippen molar-refractivity contribution in [1.29, 1.82) is 0 Å². The second-order valence-corrected chi connectivity index (χ2v) is 6.59. The Kier molecular flexibility index (Phi) is 5.97. The van der Waals surface area contributed by atoms with E-state index in [1.165, 1.54) is 37.4 Å². The minimum Gasteiger partial charge on any atom is -0.496 e. The average molecular weight is 418 g/mol. The summed E-state index contributed by atoms with van der Waals surface area (Å²) in [5.41, 5.74) is 1.90. The molecule has 0 fully saturated rings. The van der Waals surface area contributed by atoms with E-state index in [9.17, 15) is 14.0 Å². The van der Waals surface area contributed by atoms with Crippen molar-refractivity contribution in [2.75, 3.05) is 12.4 Å². The van der Waals surface area contributed by atoms with Gasteiger partial charge in [0, 0.05) is 22.5 Å². The zero-order chi connectivity index (χ0) is 20.3. The zero-order valence-corrected chi connectivity index (χ0v) is 16.1. The predicted octanol–water partition coefficient (Wildman–Crippen LogP) is 5.84. The minimum absolute atomic E-state index is 0.176. The van der Waals surface area contributed by atoms with Crippen molar-refractivity contribution in [2.45, 2.75) is 0 Å². The monoisotopic (exact) mass is 417 g/mol. The van der Waals surface area contributed by atoms with Gasteiger partial charge in [0.1, 0.15) is 11.6 Å². The van der Waals surface area contributed by atoms with Gasteiger partial charge in [-0.2, -0.15) is 0 Å². The number of anilines is 2. The highest BCUT2D eigenvalue weighted by Gasteiger charge is 2.19. The highest BCUT2D eigenvalue weighted by atomic mass is 35.5. The molecule has 3 rings (SSSR count). The number of hydrogen-bond donors (Lipinski definition) is 1. The van der Waals surface area contributed by atoms with E-state index in [4.69, 9.17) is 27.9 Å². The number of methoxy groups -OCH3 is 1. The van der Waals surface area contributed by atoms with E-state index < -0.39 is 11.0 Å². The third-order valence-electron chi connectivity index (χ3n) is 4.02. The van der Waals surface area contributed by atoms with Crippen molar-refractivity contribution < 1.29 is 18.7 Å². The summed E-state index contributed by atoms with van der Waals surface area (Å²) in [6.07, 6.45) is 0. The number of ether oxygens (including phenoxy) is 1. The van der Waals surface area contributed by atoms with Crippen molar-refractivity contribution in [3.8, 4) is 5.75 Å². The fraction of sp³-hybridized carbons (Fsp3) is 0.0476. The van der Waals surface area contributed by atoms with Crippen molar-refractivity contribution in [3.63, 3.8) is 0 Å². The Morgan fingerprint density at radius 1 is 0.929 bits per heavy atom. The quantitative estimate of drug-likeness (QED) is 0.404. The Hall–Kier alpha value is -2.89. The molecule has 0 aliphatic carbocycles. The molecule has 142 valence electrons. The van der Waals surface area contributed by atoms with E-state index in [0.29, 0.717) is 17.1 Å². The maximum Gasteiger partial charge on any atom is 0.252 e. The zero-order valence-electron chi connectivity index (χ0n) is 14.6. The number of halogens is 3. The van der Waals surface area contributed by atoms with E-state index >= 15 is 0 Å². The molecule has 28 heavy (non-hydrogen) atoms. The van der Waals surface area contributed by atoms with Gasteiger partial charge in [-0.25, -0.2) is 4.39 Å². The summed E-state index contributed by atoms with van der Waals surface area (Å²) in [7, 11) is 1.42. The first kappa shape index (κ1) is 19.9. The van der Waals surface area contributed by atoms with Crippen molar-refractivity contribution in [3.05, 3.63) is 88.2 Å². The van der Waals surface area contributed by atoms with Gasteiger partial charge in [-0.1, -0.05) is 11.6 Å². The molecule has 0 aliphatic rings. The summed E-state index contributed by atoms with van der Waals surface area (Å²) in [5.74, 6) is -0.442. The number of nitrogens with one attached hydrogen (secondary N) is 1. The molecule has 0 aliphatic heterocycles. The molecule has 0 saturated carbocycles. The maximum atomic E-state index is 13.0. The molecule has 7 heteroatoms. The Bertz CT molecular complexity index is 1050. The number of carbonyl (C=O) groups is 2. The molecular weight excluding hydrogens is 404 g/mol. The lowest BCUT2D eigenvalue weighted by Crippen LogP contribution is -2.07. The van der Waals surface area contributed by atoms with E-state index in [-0.39, 0.29) is 27.5 Å². The molecule has 4 nitrogen and oxygen atoms in total. The lowest BCUT2D eigenvalue weighted by atomic mass is 10.00. The highest BCUT2D eigenvalue weighted by Crippen LogP contribution is 2.29. The van der Waals surface area contributed by atoms with Crippen LogP contribution in [0.25, 0.3) is 0 Å². The molecule has 3 aromatic carbocycles. The largest absolute Gasteiger partial charge is 0.496 e. The van der Waals surface area contributed by atoms with Gasteiger partial charge in [0.05, 0.1) is 17.7 Å². The van der Waals surface area contributed by atoms with Crippen molar-refractivity contribution in [1.82, 2.24) is 0 Å². The first-order valence-corrected chi connectivity index (χ1v) is 8.89. The van der Waals surface area contributed by atoms with E-state index in [0.717, 1.165) is 0 Å². The maximum absolute atomic E-state index is 13.0. The standard InChI is InChI=1S/C21H14Cl2FNO3/c1-28-19-9-2-12(21(23)27)10-17(19)20(26)16-8-7-15(11-18(16)22)25-14-5-3-13(24)4-6-14/h2-11,25H,1H3.